The Bertz CT molecular complexity index is 1730. The van der Waals surface area contributed by atoms with E-state index in [0.717, 1.165) is 68.6 Å². The maximum Gasteiger partial charge on any atom is 0.260 e. The van der Waals surface area contributed by atoms with E-state index >= 15 is 0 Å². The molecule has 3 aromatic heterocycles. The number of rotatable bonds is 8. The first-order chi connectivity index (χ1) is 21.9. The summed E-state index contributed by atoms with van der Waals surface area (Å²) >= 11 is 6.61. The van der Waals surface area contributed by atoms with Crippen molar-refractivity contribution in [2.75, 3.05) is 51.1 Å². The average molecular weight is 629 g/mol. The molecule has 0 bridgehead atoms. The van der Waals surface area contributed by atoms with Crippen molar-refractivity contribution < 1.29 is 4.79 Å². The third-order valence-corrected chi connectivity index (χ3v) is 9.48. The highest BCUT2D eigenvalue weighted by Gasteiger charge is 2.29. The molecule has 0 aliphatic carbocycles. The summed E-state index contributed by atoms with van der Waals surface area (Å²) in [5.74, 6) is 1.07. The molecule has 11 heteroatoms. The highest BCUT2D eigenvalue weighted by Crippen LogP contribution is 2.33. The topological polar surface area (TPSA) is 99.5 Å². The summed E-state index contributed by atoms with van der Waals surface area (Å²) in [6, 6.07) is 11.2. The number of aryl methyl sites for hydroxylation is 1. The zero-order valence-corrected chi connectivity index (χ0v) is 27.1. The van der Waals surface area contributed by atoms with E-state index in [2.05, 4.69) is 38.1 Å². The molecule has 0 radical (unpaired) electrons. The standard InChI is InChI=1S/C34H41ClN8O2/c1-4-30(44)42-14-8-9-25(22-42)43-32-27(23(3)31(33(43)45)26-10-6-7-11-28(26)35)20-37-34(39-32)38-29-13-12-24(19-36-29)21-41-17-15-40(5-2)16-18-41/h6-7,10-13,19-20,25H,4-5,8-9,14-18,21-22H2,1-3H3,(H,36,37,38,39)/t25-/m0/s1. The van der Waals surface area contributed by atoms with E-state index in [1.54, 1.807) is 16.8 Å². The molecule has 2 saturated heterocycles. The summed E-state index contributed by atoms with van der Waals surface area (Å²) in [7, 11) is 0. The molecule has 1 amide bonds. The molecule has 0 spiro atoms. The number of anilines is 2. The summed E-state index contributed by atoms with van der Waals surface area (Å²) in [5, 5.41) is 4.52. The number of halogens is 1. The van der Waals surface area contributed by atoms with E-state index < -0.39 is 0 Å². The van der Waals surface area contributed by atoms with Crippen LogP contribution in [0.5, 0.6) is 0 Å². The van der Waals surface area contributed by atoms with Crippen molar-refractivity contribution in [2.24, 2.45) is 0 Å². The van der Waals surface area contributed by atoms with Crippen molar-refractivity contribution in [3.63, 3.8) is 0 Å². The molecule has 1 atom stereocenters. The van der Waals surface area contributed by atoms with Gasteiger partial charge in [-0.25, -0.2) is 9.97 Å². The van der Waals surface area contributed by atoms with Gasteiger partial charge >= 0.3 is 0 Å². The van der Waals surface area contributed by atoms with Crippen molar-refractivity contribution in [2.45, 2.75) is 52.6 Å². The Balaban J connectivity index is 1.34. The summed E-state index contributed by atoms with van der Waals surface area (Å²) in [6.07, 6.45) is 5.65. The Morgan fingerprint density at radius 3 is 2.49 bits per heavy atom. The molecule has 45 heavy (non-hydrogen) atoms. The number of piperidine rings is 1. The molecule has 2 aliphatic rings. The zero-order chi connectivity index (χ0) is 31.5. The minimum Gasteiger partial charge on any atom is -0.341 e. The van der Waals surface area contributed by atoms with Gasteiger partial charge in [-0.15, -0.1) is 0 Å². The quantitative estimate of drug-likeness (QED) is 0.282. The number of hydrogen-bond acceptors (Lipinski definition) is 8. The second kappa shape index (κ2) is 13.6. The molecular weight excluding hydrogens is 588 g/mol. The van der Waals surface area contributed by atoms with E-state index in [1.165, 1.54) is 0 Å². The van der Waals surface area contributed by atoms with Crippen molar-refractivity contribution in [1.82, 2.24) is 34.2 Å². The first-order valence-electron chi connectivity index (χ1n) is 16.0. The first kappa shape index (κ1) is 31.1. The summed E-state index contributed by atoms with van der Waals surface area (Å²) in [6.45, 7) is 13.4. The number of nitrogens with zero attached hydrogens (tertiary/aromatic N) is 7. The van der Waals surface area contributed by atoms with Crippen molar-refractivity contribution in [1.29, 1.82) is 0 Å². The van der Waals surface area contributed by atoms with Crippen molar-refractivity contribution in [3.05, 3.63) is 75.3 Å². The van der Waals surface area contributed by atoms with Crippen LogP contribution in [0.25, 0.3) is 22.2 Å². The van der Waals surface area contributed by atoms with E-state index in [1.807, 2.05) is 49.2 Å². The van der Waals surface area contributed by atoms with Crippen LogP contribution in [0.2, 0.25) is 5.02 Å². The Morgan fingerprint density at radius 1 is 1.00 bits per heavy atom. The van der Waals surface area contributed by atoms with E-state index in [-0.39, 0.29) is 17.5 Å². The smallest absolute Gasteiger partial charge is 0.260 e. The largest absolute Gasteiger partial charge is 0.341 e. The second-order valence-electron chi connectivity index (χ2n) is 12.0. The molecular formula is C34H41ClN8O2. The predicted octanol–water partition coefficient (Wildman–Crippen LogP) is 5.27. The lowest BCUT2D eigenvalue weighted by Crippen LogP contribution is -2.45. The molecule has 2 fully saturated rings. The van der Waals surface area contributed by atoms with Crippen LogP contribution in [0, 0.1) is 6.92 Å². The lowest BCUT2D eigenvalue weighted by atomic mass is 9.98. The monoisotopic (exact) mass is 628 g/mol. The number of piperazine rings is 1. The average Bonchev–Trinajstić information content (AvgIpc) is 3.06. The van der Waals surface area contributed by atoms with E-state index in [9.17, 15) is 9.59 Å². The van der Waals surface area contributed by atoms with Crippen LogP contribution in [0.1, 0.15) is 50.3 Å². The lowest BCUT2D eigenvalue weighted by molar-refractivity contribution is -0.132. The lowest BCUT2D eigenvalue weighted by Gasteiger charge is -2.34. The summed E-state index contributed by atoms with van der Waals surface area (Å²) in [5.41, 5.74) is 3.49. The van der Waals surface area contributed by atoms with Gasteiger partial charge < -0.3 is 15.1 Å². The molecule has 5 heterocycles. The number of carbonyl (C=O) groups is 1. The number of pyridine rings is 2. The van der Waals surface area contributed by atoms with Crippen LogP contribution >= 0.6 is 11.6 Å². The van der Waals surface area contributed by atoms with Gasteiger partial charge in [-0.2, -0.15) is 4.98 Å². The zero-order valence-electron chi connectivity index (χ0n) is 26.3. The Morgan fingerprint density at radius 2 is 1.78 bits per heavy atom. The molecule has 1 N–H and O–H groups in total. The highest BCUT2D eigenvalue weighted by molar-refractivity contribution is 6.33. The molecule has 0 unspecified atom stereocenters. The van der Waals surface area contributed by atoms with Crippen LogP contribution in [0.15, 0.2) is 53.6 Å². The number of fused-ring (bicyclic) bond motifs is 1. The van der Waals surface area contributed by atoms with Gasteiger partial charge in [0.25, 0.3) is 5.56 Å². The number of likely N-dealkylation sites (N-methyl/N-ethyl adjacent to an activating group) is 1. The fourth-order valence-electron chi connectivity index (χ4n) is 6.56. The number of amides is 1. The molecule has 1 aromatic carbocycles. The van der Waals surface area contributed by atoms with Crippen LogP contribution in [-0.4, -0.2) is 85.9 Å². The minimum atomic E-state index is -0.231. The maximum absolute atomic E-state index is 14.4. The molecule has 10 nitrogen and oxygen atoms in total. The van der Waals surface area contributed by atoms with Crippen LogP contribution < -0.4 is 10.9 Å². The van der Waals surface area contributed by atoms with Crippen LogP contribution in [-0.2, 0) is 11.3 Å². The third kappa shape index (κ3) is 6.59. The van der Waals surface area contributed by atoms with E-state index in [0.29, 0.717) is 53.1 Å². The number of hydrogen-bond donors (Lipinski definition) is 1. The molecule has 236 valence electrons. The fraction of sp³-hybridized carbons (Fsp3) is 0.441. The first-order valence-corrected chi connectivity index (χ1v) is 16.3. The molecule has 0 saturated carbocycles. The van der Waals surface area contributed by atoms with Gasteiger partial charge in [-0.3, -0.25) is 19.1 Å². The Hall–Kier alpha value is -3.86. The molecule has 4 aromatic rings. The number of carbonyl (C=O) groups excluding carboxylic acids is 1. The minimum absolute atomic E-state index is 0.0882. The SMILES string of the molecule is CCC(=O)N1CCC[C@H](n2c(=O)c(-c3ccccc3Cl)c(C)c3cnc(Nc4ccc(CN5CCN(CC)CC5)cn4)nc32)C1. The number of benzene rings is 1. The van der Waals surface area contributed by atoms with Crippen LogP contribution in [0.3, 0.4) is 0 Å². The Labute approximate surface area is 269 Å². The maximum atomic E-state index is 14.4. The van der Waals surface area contributed by atoms with Gasteiger partial charge in [0.15, 0.2) is 0 Å². The fourth-order valence-corrected chi connectivity index (χ4v) is 6.79. The summed E-state index contributed by atoms with van der Waals surface area (Å²) in [4.78, 5) is 48.0. The highest BCUT2D eigenvalue weighted by atomic mass is 35.5. The number of nitrogens with one attached hydrogen (secondary N) is 1. The van der Waals surface area contributed by atoms with Gasteiger partial charge in [-0.05, 0) is 49.6 Å². The van der Waals surface area contributed by atoms with Gasteiger partial charge in [0, 0.05) is 80.6 Å². The van der Waals surface area contributed by atoms with E-state index in [4.69, 9.17) is 16.6 Å². The number of aromatic nitrogens is 4. The third-order valence-electron chi connectivity index (χ3n) is 9.15. The second-order valence-corrected chi connectivity index (χ2v) is 12.4. The van der Waals surface area contributed by atoms with Crippen molar-refractivity contribution >= 4 is 40.3 Å². The Kier molecular flexibility index (Phi) is 9.44. The van der Waals surface area contributed by atoms with Gasteiger partial charge in [0.05, 0.1) is 11.6 Å². The van der Waals surface area contributed by atoms with Crippen molar-refractivity contribution in [3.8, 4) is 11.1 Å². The van der Waals surface area contributed by atoms with Gasteiger partial charge in [0.2, 0.25) is 11.9 Å². The normalized spacial score (nSPS) is 18.0. The molecule has 6 rings (SSSR count). The van der Waals surface area contributed by atoms with Crippen LogP contribution in [0.4, 0.5) is 11.8 Å². The summed E-state index contributed by atoms with van der Waals surface area (Å²) < 4.78 is 1.76. The molecule has 2 aliphatic heterocycles. The number of likely N-dealkylation sites (tertiary alicyclic amines) is 1. The van der Waals surface area contributed by atoms with Gasteiger partial charge in [0.1, 0.15) is 11.5 Å². The van der Waals surface area contributed by atoms with Gasteiger partial charge in [-0.1, -0.05) is 49.7 Å². The predicted molar refractivity (Wildman–Crippen MR) is 179 cm³/mol.